The van der Waals surface area contributed by atoms with Crippen LogP contribution in [-0.4, -0.2) is 15.9 Å². The van der Waals surface area contributed by atoms with Gasteiger partial charge in [-0.1, -0.05) is 0 Å². The maximum absolute atomic E-state index is 12.0. The molecule has 0 atom stereocenters. The van der Waals surface area contributed by atoms with E-state index in [0.29, 0.717) is 11.4 Å². The first kappa shape index (κ1) is 12.0. The van der Waals surface area contributed by atoms with Crippen LogP contribution in [0.4, 0.5) is 11.5 Å². The molecular formula is C12H13N5O. The topological polar surface area (TPSA) is 92.9 Å². The van der Waals surface area contributed by atoms with Gasteiger partial charge in [-0.2, -0.15) is 0 Å². The van der Waals surface area contributed by atoms with E-state index < -0.39 is 0 Å². The highest BCUT2D eigenvalue weighted by Gasteiger charge is 2.08. The number of amides is 1. The van der Waals surface area contributed by atoms with E-state index in [1.54, 1.807) is 30.6 Å². The highest BCUT2D eigenvalue weighted by atomic mass is 16.1. The molecule has 0 saturated carbocycles. The van der Waals surface area contributed by atoms with Gasteiger partial charge in [-0.3, -0.25) is 9.78 Å². The molecule has 0 aliphatic carbocycles. The third kappa shape index (κ3) is 2.61. The van der Waals surface area contributed by atoms with Crippen LogP contribution in [0.2, 0.25) is 0 Å². The van der Waals surface area contributed by atoms with Crippen LogP contribution in [0.15, 0.2) is 36.8 Å². The monoisotopic (exact) mass is 243 g/mol. The van der Waals surface area contributed by atoms with Crippen molar-refractivity contribution in [3.8, 4) is 0 Å². The van der Waals surface area contributed by atoms with Crippen LogP contribution in [0.1, 0.15) is 15.9 Å². The molecule has 6 heteroatoms. The summed E-state index contributed by atoms with van der Waals surface area (Å²) in [6.45, 7) is 1.88. The first-order valence-corrected chi connectivity index (χ1v) is 5.35. The van der Waals surface area contributed by atoms with E-state index in [1.807, 2.05) is 6.92 Å². The molecule has 4 N–H and O–H groups in total. The normalized spacial score (nSPS) is 9.89. The summed E-state index contributed by atoms with van der Waals surface area (Å²) < 4.78 is 0. The SMILES string of the molecule is Cc1cnccc1NC(=O)c1ccnc(NN)c1. The van der Waals surface area contributed by atoms with Crippen LogP contribution in [0.5, 0.6) is 0 Å². The van der Waals surface area contributed by atoms with Crippen LogP contribution in [0.25, 0.3) is 0 Å². The predicted octanol–water partition coefficient (Wildman–Crippen LogP) is 1.32. The molecular weight excluding hydrogens is 230 g/mol. The van der Waals surface area contributed by atoms with Crippen molar-refractivity contribution in [1.29, 1.82) is 0 Å². The number of nitrogens with zero attached hydrogens (tertiary/aromatic N) is 2. The fourth-order valence-corrected chi connectivity index (χ4v) is 1.46. The van der Waals surface area contributed by atoms with Crippen LogP contribution in [0, 0.1) is 6.92 Å². The Bertz CT molecular complexity index is 570. The molecule has 0 aliphatic heterocycles. The van der Waals surface area contributed by atoms with Crippen molar-refractivity contribution in [2.45, 2.75) is 6.92 Å². The van der Waals surface area contributed by atoms with E-state index in [9.17, 15) is 4.79 Å². The zero-order valence-corrected chi connectivity index (χ0v) is 9.84. The summed E-state index contributed by atoms with van der Waals surface area (Å²) in [7, 11) is 0. The van der Waals surface area contributed by atoms with Gasteiger partial charge >= 0.3 is 0 Å². The fourth-order valence-electron chi connectivity index (χ4n) is 1.46. The number of hydrazine groups is 1. The molecule has 0 spiro atoms. The second-order valence-corrected chi connectivity index (χ2v) is 3.72. The number of rotatable bonds is 3. The first-order valence-electron chi connectivity index (χ1n) is 5.35. The van der Waals surface area contributed by atoms with Crippen molar-refractivity contribution in [1.82, 2.24) is 9.97 Å². The molecule has 2 heterocycles. The third-order valence-electron chi connectivity index (χ3n) is 2.44. The van der Waals surface area contributed by atoms with Crippen LogP contribution < -0.4 is 16.6 Å². The van der Waals surface area contributed by atoms with E-state index in [1.165, 1.54) is 6.20 Å². The minimum absolute atomic E-state index is 0.219. The van der Waals surface area contributed by atoms with E-state index in [4.69, 9.17) is 5.84 Å². The molecule has 2 aromatic heterocycles. The molecule has 0 fully saturated rings. The van der Waals surface area contributed by atoms with Crippen molar-refractivity contribution in [2.24, 2.45) is 5.84 Å². The van der Waals surface area contributed by atoms with Gasteiger partial charge in [0.1, 0.15) is 5.82 Å². The Balaban J connectivity index is 2.19. The van der Waals surface area contributed by atoms with Gasteiger partial charge in [0, 0.05) is 29.8 Å². The minimum atomic E-state index is -0.219. The zero-order chi connectivity index (χ0) is 13.0. The number of anilines is 2. The summed E-state index contributed by atoms with van der Waals surface area (Å²) in [4.78, 5) is 19.9. The number of hydrogen-bond acceptors (Lipinski definition) is 5. The summed E-state index contributed by atoms with van der Waals surface area (Å²) in [5.41, 5.74) is 4.51. The quantitative estimate of drug-likeness (QED) is 0.558. The number of pyridine rings is 2. The standard InChI is InChI=1S/C12H13N5O/c1-8-7-14-4-3-10(8)16-12(18)9-2-5-15-11(6-9)17-13/h2-7H,13H2,1H3,(H,15,17)(H,14,16,18). The van der Waals surface area contributed by atoms with Gasteiger partial charge in [0.25, 0.3) is 5.91 Å². The largest absolute Gasteiger partial charge is 0.322 e. The lowest BCUT2D eigenvalue weighted by atomic mass is 10.2. The number of carbonyl (C=O) groups excluding carboxylic acids is 1. The Morgan fingerprint density at radius 1 is 1.33 bits per heavy atom. The molecule has 2 aromatic rings. The van der Waals surface area contributed by atoms with Crippen molar-refractivity contribution in [2.75, 3.05) is 10.7 Å². The van der Waals surface area contributed by atoms with E-state index in [0.717, 1.165) is 11.3 Å². The van der Waals surface area contributed by atoms with Gasteiger partial charge in [0.05, 0.1) is 0 Å². The van der Waals surface area contributed by atoms with Crippen molar-refractivity contribution in [3.05, 3.63) is 47.9 Å². The molecule has 0 saturated heterocycles. The molecule has 0 aromatic carbocycles. The number of nitrogens with two attached hydrogens (primary N) is 1. The number of aryl methyl sites for hydroxylation is 1. The second-order valence-electron chi connectivity index (χ2n) is 3.72. The van der Waals surface area contributed by atoms with Gasteiger partial charge in [0.15, 0.2) is 0 Å². The van der Waals surface area contributed by atoms with Crippen molar-refractivity contribution < 1.29 is 4.79 Å². The Morgan fingerprint density at radius 3 is 2.89 bits per heavy atom. The van der Waals surface area contributed by atoms with E-state index in [-0.39, 0.29) is 5.91 Å². The molecule has 6 nitrogen and oxygen atoms in total. The highest BCUT2D eigenvalue weighted by molar-refractivity contribution is 6.04. The highest BCUT2D eigenvalue weighted by Crippen LogP contribution is 2.14. The average molecular weight is 243 g/mol. The van der Waals surface area contributed by atoms with Gasteiger partial charge in [-0.15, -0.1) is 0 Å². The van der Waals surface area contributed by atoms with Gasteiger partial charge in [-0.05, 0) is 30.7 Å². The Labute approximate surface area is 104 Å². The lowest BCUT2D eigenvalue weighted by Crippen LogP contribution is -2.14. The minimum Gasteiger partial charge on any atom is -0.322 e. The molecule has 0 unspecified atom stereocenters. The molecule has 18 heavy (non-hydrogen) atoms. The van der Waals surface area contributed by atoms with Crippen molar-refractivity contribution in [3.63, 3.8) is 0 Å². The molecule has 2 rings (SSSR count). The van der Waals surface area contributed by atoms with Gasteiger partial charge in [-0.25, -0.2) is 10.8 Å². The maximum Gasteiger partial charge on any atom is 0.255 e. The molecule has 1 amide bonds. The molecule has 92 valence electrons. The van der Waals surface area contributed by atoms with Crippen LogP contribution >= 0.6 is 0 Å². The summed E-state index contributed by atoms with van der Waals surface area (Å²) in [6, 6.07) is 4.94. The Kier molecular flexibility index (Phi) is 3.49. The summed E-state index contributed by atoms with van der Waals surface area (Å²) >= 11 is 0. The Morgan fingerprint density at radius 2 is 2.17 bits per heavy atom. The lowest BCUT2D eigenvalue weighted by Gasteiger charge is -2.08. The molecule has 0 aliphatic rings. The first-order chi connectivity index (χ1) is 8.70. The molecule has 0 radical (unpaired) electrons. The van der Waals surface area contributed by atoms with E-state index in [2.05, 4.69) is 20.7 Å². The number of nitrogen functional groups attached to an aromatic ring is 1. The number of nitrogens with one attached hydrogen (secondary N) is 2. The number of aromatic nitrogens is 2. The average Bonchev–Trinajstić information content (AvgIpc) is 2.41. The molecule has 0 bridgehead atoms. The zero-order valence-electron chi connectivity index (χ0n) is 9.84. The number of carbonyl (C=O) groups is 1. The smallest absolute Gasteiger partial charge is 0.255 e. The Hall–Kier alpha value is -2.47. The maximum atomic E-state index is 12.0. The third-order valence-corrected chi connectivity index (χ3v) is 2.44. The second kappa shape index (κ2) is 5.24. The summed E-state index contributed by atoms with van der Waals surface area (Å²) in [6.07, 6.45) is 4.83. The van der Waals surface area contributed by atoms with Crippen LogP contribution in [0.3, 0.4) is 0 Å². The predicted molar refractivity (Wildman–Crippen MR) is 69.0 cm³/mol. The summed E-state index contributed by atoms with van der Waals surface area (Å²) in [5, 5.41) is 2.80. The fraction of sp³-hybridized carbons (Fsp3) is 0.0833. The van der Waals surface area contributed by atoms with Crippen LogP contribution in [-0.2, 0) is 0 Å². The van der Waals surface area contributed by atoms with Gasteiger partial charge < -0.3 is 10.7 Å². The van der Waals surface area contributed by atoms with Gasteiger partial charge in [0.2, 0.25) is 0 Å². The van der Waals surface area contributed by atoms with E-state index >= 15 is 0 Å². The summed E-state index contributed by atoms with van der Waals surface area (Å²) in [5.74, 6) is 5.46. The lowest BCUT2D eigenvalue weighted by molar-refractivity contribution is 0.102. The van der Waals surface area contributed by atoms with Crippen molar-refractivity contribution >= 4 is 17.4 Å². The number of hydrogen-bond donors (Lipinski definition) is 3.